The fraction of sp³-hybridized carbons (Fsp3) is 0.600. The minimum Gasteiger partial charge on any atom is -0.337 e. The summed E-state index contributed by atoms with van der Waals surface area (Å²) < 4.78 is 5.58. The molecular formula is C15H20N4OS. The Morgan fingerprint density at radius 1 is 1.29 bits per heavy atom. The second-order valence-corrected chi connectivity index (χ2v) is 6.63. The first-order valence-corrected chi connectivity index (χ1v) is 8.69. The molecule has 0 radical (unpaired) electrons. The van der Waals surface area contributed by atoms with Gasteiger partial charge in [0.1, 0.15) is 0 Å². The highest BCUT2D eigenvalue weighted by atomic mass is 32.1. The zero-order valence-electron chi connectivity index (χ0n) is 12.0. The first kappa shape index (κ1) is 13.4. The molecule has 6 heteroatoms. The second-order valence-electron chi connectivity index (χ2n) is 5.85. The van der Waals surface area contributed by atoms with Crippen molar-refractivity contribution in [2.45, 2.75) is 37.8 Å². The van der Waals surface area contributed by atoms with Gasteiger partial charge in [-0.2, -0.15) is 16.3 Å². The Morgan fingerprint density at radius 3 is 3.00 bits per heavy atom. The number of nitrogens with one attached hydrogen (secondary N) is 1. The Bertz CT molecular complexity index is 576. The normalized spacial score (nSPS) is 24.7. The molecule has 0 amide bonds. The largest absolute Gasteiger partial charge is 0.337 e. The van der Waals surface area contributed by atoms with Crippen LogP contribution in [0.4, 0.5) is 0 Å². The SMILES string of the molecule is c1cc(-c2noc(C3CCCN3C3CCNCC3)n2)cs1. The standard InChI is InChI=1S/C15H20N4OS/c1-2-13(19(8-1)12-3-6-16-7-4-12)15-17-14(18-20-15)11-5-9-21-10-11/h5,9-10,12-13,16H,1-4,6-8H2. The summed E-state index contributed by atoms with van der Waals surface area (Å²) in [5.74, 6) is 1.52. The third-order valence-corrected chi connectivity index (χ3v) is 5.26. The predicted molar refractivity (Wildman–Crippen MR) is 82.2 cm³/mol. The summed E-state index contributed by atoms with van der Waals surface area (Å²) in [6.07, 6.45) is 4.81. The zero-order chi connectivity index (χ0) is 14.1. The van der Waals surface area contributed by atoms with Crippen LogP contribution in [0.2, 0.25) is 0 Å². The van der Waals surface area contributed by atoms with Gasteiger partial charge < -0.3 is 9.84 Å². The van der Waals surface area contributed by atoms with E-state index in [0.717, 1.165) is 43.3 Å². The molecule has 1 atom stereocenters. The van der Waals surface area contributed by atoms with Gasteiger partial charge in [0, 0.05) is 17.0 Å². The number of piperidine rings is 1. The summed E-state index contributed by atoms with van der Waals surface area (Å²) in [7, 11) is 0. The van der Waals surface area contributed by atoms with Crippen LogP contribution in [0.25, 0.3) is 11.4 Å². The van der Waals surface area contributed by atoms with Crippen molar-refractivity contribution < 1.29 is 4.52 Å². The van der Waals surface area contributed by atoms with Crippen molar-refractivity contribution in [1.29, 1.82) is 0 Å². The molecule has 0 saturated carbocycles. The summed E-state index contributed by atoms with van der Waals surface area (Å²) >= 11 is 1.66. The van der Waals surface area contributed by atoms with Crippen molar-refractivity contribution in [2.75, 3.05) is 19.6 Å². The quantitative estimate of drug-likeness (QED) is 0.945. The number of hydrogen-bond donors (Lipinski definition) is 1. The molecule has 4 heterocycles. The van der Waals surface area contributed by atoms with Crippen molar-refractivity contribution in [3.05, 3.63) is 22.7 Å². The lowest BCUT2D eigenvalue weighted by molar-refractivity contribution is 0.126. The maximum atomic E-state index is 5.58. The van der Waals surface area contributed by atoms with Gasteiger partial charge in [-0.3, -0.25) is 4.90 Å². The van der Waals surface area contributed by atoms with Crippen molar-refractivity contribution in [2.24, 2.45) is 0 Å². The highest BCUT2D eigenvalue weighted by molar-refractivity contribution is 7.08. The number of nitrogens with zero attached hydrogens (tertiary/aromatic N) is 3. The molecule has 0 bridgehead atoms. The minimum atomic E-state index is 0.313. The Labute approximate surface area is 128 Å². The molecule has 4 rings (SSSR count). The monoisotopic (exact) mass is 304 g/mol. The van der Waals surface area contributed by atoms with Crippen molar-refractivity contribution in [1.82, 2.24) is 20.4 Å². The van der Waals surface area contributed by atoms with E-state index in [4.69, 9.17) is 4.52 Å². The molecule has 0 aromatic carbocycles. The van der Waals surface area contributed by atoms with Crippen LogP contribution in [0.5, 0.6) is 0 Å². The fourth-order valence-electron chi connectivity index (χ4n) is 3.51. The van der Waals surface area contributed by atoms with E-state index < -0.39 is 0 Å². The Hall–Kier alpha value is -1.24. The van der Waals surface area contributed by atoms with E-state index in [1.54, 1.807) is 11.3 Å². The maximum Gasteiger partial charge on any atom is 0.244 e. The highest BCUT2D eigenvalue weighted by Crippen LogP contribution is 2.35. The Kier molecular flexibility index (Phi) is 3.75. The second kappa shape index (κ2) is 5.87. The highest BCUT2D eigenvalue weighted by Gasteiger charge is 2.35. The number of thiophene rings is 1. The van der Waals surface area contributed by atoms with E-state index >= 15 is 0 Å². The summed E-state index contributed by atoms with van der Waals surface area (Å²) in [6, 6.07) is 3.02. The molecule has 1 unspecified atom stereocenters. The molecule has 21 heavy (non-hydrogen) atoms. The summed E-state index contributed by atoms with van der Waals surface area (Å²) in [4.78, 5) is 7.24. The first-order valence-electron chi connectivity index (χ1n) is 7.74. The molecule has 2 fully saturated rings. The van der Waals surface area contributed by atoms with E-state index in [2.05, 4.69) is 25.7 Å². The number of rotatable bonds is 3. The molecule has 1 N–H and O–H groups in total. The van der Waals surface area contributed by atoms with E-state index in [0.29, 0.717) is 12.1 Å². The molecule has 0 aliphatic carbocycles. The average Bonchev–Trinajstić information content (AvgIpc) is 3.27. The van der Waals surface area contributed by atoms with Crippen molar-refractivity contribution >= 4 is 11.3 Å². The number of likely N-dealkylation sites (tertiary alicyclic amines) is 1. The van der Waals surface area contributed by atoms with Crippen LogP contribution in [-0.2, 0) is 0 Å². The van der Waals surface area contributed by atoms with Gasteiger partial charge in [0.25, 0.3) is 0 Å². The van der Waals surface area contributed by atoms with E-state index in [1.807, 2.05) is 11.4 Å². The molecule has 2 saturated heterocycles. The van der Waals surface area contributed by atoms with Gasteiger partial charge in [-0.05, 0) is 56.8 Å². The molecule has 2 aromatic heterocycles. The first-order chi connectivity index (χ1) is 10.4. The molecule has 5 nitrogen and oxygen atoms in total. The predicted octanol–water partition coefficient (Wildman–Crippen LogP) is 2.69. The van der Waals surface area contributed by atoms with Gasteiger partial charge >= 0.3 is 0 Å². The summed E-state index contributed by atoms with van der Waals surface area (Å²) in [6.45, 7) is 3.40. The number of aromatic nitrogens is 2. The maximum absolute atomic E-state index is 5.58. The molecule has 0 spiro atoms. The smallest absolute Gasteiger partial charge is 0.244 e. The van der Waals surface area contributed by atoms with E-state index in [9.17, 15) is 0 Å². The Morgan fingerprint density at radius 2 is 2.19 bits per heavy atom. The van der Waals surface area contributed by atoms with Crippen molar-refractivity contribution in [3.63, 3.8) is 0 Å². The van der Waals surface area contributed by atoms with E-state index in [1.165, 1.54) is 19.3 Å². The lowest BCUT2D eigenvalue weighted by Crippen LogP contribution is -2.42. The fourth-order valence-corrected chi connectivity index (χ4v) is 4.14. The number of hydrogen-bond acceptors (Lipinski definition) is 6. The van der Waals surface area contributed by atoms with Gasteiger partial charge in [-0.25, -0.2) is 0 Å². The van der Waals surface area contributed by atoms with Crippen molar-refractivity contribution in [3.8, 4) is 11.4 Å². The molecule has 2 aliphatic heterocycles. The Balaban J connectivity index is 1.54. The van der Waals surface area contributed by atoms with E-state index in [-0.39, 0.29) is 0 Å². The lowest BCUT2D eigenvalue weighted by atomic mass is 10.0. The topological polar surface area (TPSA) is 54.2 Å². The third-order valence-electron chi connectivity index (χ3n) is 4.58. The van der Waals surface area contributed by atoms with Crippen LogP contribution in [0.3, 0.4) is 0 Å². The molecule has 2 aliphatic rings. The summed E-state index contributed by atoms with van der Waals surface area (Å²) in [5, 5.41) is 11.7. The van der Waals surface area contributed by atoms with Crippen LogP contribution >= 0.6 is 11.3 Å². The minimum absolute atomic E-state index is 0.313. The van der Waals surface area contributed by atoms with Crippen LogP contribution in [-0.4, -0.2) is 40.7 Å². The molecule has 2 aromatic rings. The third kappa shape index (κ3) is 2.63. The van der Waals surface area contributed by atoms with Gasteiger partial charge in [0.2, 0.25) is 11.7 Å². The molecular weight excluding hydrogens is 284 g/mol. The lowest BCUT2D eigenvalue weighted by Gasteiger charge is -2.34. The zero-order valence-corrected chi connectivity index (χ0v) is 12.8. The van der Waals surface area contributed by atoms with Crippen LogP contribution in [0.15, 0.2) is 21.3 Å². The van der Waals surface area contributed by atoms with Gasteiger partial charge in [0.15, 0.2) is 0 Å². The van der Waals surface area contributed by atoms with Crippen LogP contribution in [0, 0.1) is 0 Å². The van der Waals surface area contributed by atoms with Gasteiger partial charge in [-0.1, -0.05) is 5.16 Å². The van der Waals surface area contributed by atoms with Gasteiger partial charge in [0.05, 0.1) is 6.04 Å². The molecule has 112 valence electrons. The van der Waals surface area contributed by atoms with Crippen LogP contribution in [0.1, 0.15) is 37.6 Å². The van der Waals surface area contributed by atoms with Crippen LogP contribution < -0.4 is 5.32 Å². The summed E-state index contributed by atoms with van der Waals surface area (Å²) in [5.41, 5.74) is 1.06. The van der Waals surface area contributed by atoms with Gasteiger partial charge in [-0.15, -0.1) is 0 Å². The average molecular weight is 304 g/mol.